The van der Waals surface area contributed by atoms with Crippen LogP contribution in [0.15, 0.2) is 6.20 Å². The van der Waals surface area contributed by atoms with Gasteiger partial charge in [-0.1, -0.05) is 6.92 Å². The van der Waals surface area contributed by atoms with Crippen molar-refractivity contribution in [2.75, 3.05) is 25.9 Å². The van der Waals surface area contributed by atoms with Gasteiger partial charge in [-0.3, -0.25) is 4.68 Å². The lowest BCUT2D eigenvalue weighted by atomic mass is 10.2. The Labute approximate surface area is 124 Å². The number of hydrogen-bond donors (Lipinski definition) is 2. The molecule has 0 spiro atoms. The van der Waals surface area contributed by atoms with Crippen LogP contribution in [0, 0.1) is 0 Å². The molecule has 1 aromatic rings. The molecule has 0 atom stereocenters. The number of nitrogens with zero attached hydrogens (tertiary/aromatic N) is 3. The van der Waals surface area contributed by atoms with Crippen LogP contribution in [0.4, 0.5) is 0 Å². The molecule has 0 aliphatic carbocycles. The van der Waals surface area contributed by atoms with Crippen LogP contribution >= 0.6 is 0 Å². The normalized spacial score (nSPS) is 12.0. The lowest BCUT2D eigenvalue weighted by Gasteiger charge is -2.17. The van der Waals surface area contributed by atoms with Crippen molar-refractivity contribution in [1.29, 1.82) is 0 Å². The van der Waals surface area contributed by atoms with Gasteiger partial charge in [0.05, 0.1) is 18.1 Å². The zero-order valence-electron chi connectivity index (χ0n) is 12.5. The number of rotatable bonds is 9. The van der Waals surface area contributed by atoms with Gasteiger partial charge in [-0.15, -0.1) is 0 Å². The molecule has 0 aliphatic rings. The Balaban J connectivity index is 2.42. The Morgan fingerprint density at radius 2 is 2.19 bits per heavy atom. The maximum absolute atomic E-state index is 11.4. The number of sulfonamides is 1. The first kappa shape index (κ1) is 17.6. The molecule has 21 heavy (non-hydrogen) atoms. The van der Waals surface area contributed by atoms with E-state index >= 15 is 0 Å². The molecule has 0 radical (unpaired) electrons. The monoisotopic (exact) mass is 318 g/mol. The van der Waals surface area contributed by atoms with E-state index in [1.807, 2.05) is 0 Å². The molecule has 8 nitrogen and oxygen atoms in total. The van der Waals surface area contributed by atoms with E-state index in [1.165, 1.54) is 21.4 Å². The Morgan fingerprint density at radius 1 is 1.52 bits per heavy atom. The van der Waals surface area contributed by atoms with Crippen molar-refractivity contribution < 1.29 is 18.3 Å². The number of carbonyl (C=O) groups is 1. The molecule has 2 N–H and O–H groups in total. The molecule has 0 amide bonds. The highest BCUT2D eigenvalue weighted by Crippen LogP contribution is 2.07. The zero-order valence-corrected chi connectivity index (χ0v) is 13.4. The summed E-state index contributed by atoms with van der Waals surface area (Å²) in [4.78, 5) is 11.0. The third-order valence-corrected chi connectivity index (χ3v) is 4.55. The molecule has 1 heterocycles. The number of nitrogens with one attached hydrogen (secondary N) is 1. The van der Waals surface area contributed by atoms with Gasteiger partial charge in [0.15, 0.2) is 0 Å². The standard InChI is InChI=1S/C12H22N4O4S/c1-4-16(21(3,19)20)7-5-6-13-9-11-10(12(17)18)8-14-15(11)2/h8,13H,4-7,9H2,1-3H3,(H,17,18). The van der Waals surface area contributed by atoms with E-state index in [-0.39, 0.29) is 5.56 Å². The Hall–Kier alpha value is -1.45. The molecule has 0 aromatic carbocycles. The first-order chi connectivity index (χ1) is 9.77. The van der Waals surface area contributed by atoms with Crippen LogP contribution < -0.4 is 5.32 Å². The zero-order chi connectivity index (χ0) is 16.0. The van der Waals surface area contributed by atoms with Crippen molar-refractivity contribution in [3.63, 3.8) is 0 Å². The second-order valence-electron chi connectivity index (χ2n) is 4.72. The molecular weight excluding hydrogens is 296 g/mol. The number of aromatic carboxylic acids is 1. The summed E-state index contributed by atoms with van der Waals surface area (Å²) in [6.45, 7) is 3.66. The molecule has 1 aromatic heterocycles. The van der Waals surface area contributed by atoms with E-state index < -0.39 is 16.0 Å². The van der Waals surface area contributed by atoms with E-state index in [9.17, 15) is 13.2 Å². The largest absolute Gasteiger partial charge is 0.478 e. The molecule has 1 rings (SSSR count). The predicted octanol–water partition coefficient (Wildman–Crippen LogP) is -0.120. The molecule has 0 fully saturated rings. The number of carboxylic acid groups (broad SMARTS) is 1. The molecule has 120 valence electrons. The molecule has 0 aliphatic heterocycles. The molecular formula is C12H22N4O4S. The first-order valence-electron chi connectivity index (χ1n) is 6.67. The summed E-state index contributed by atoms with van der Waals surface area (Å²) < 4.78 is 25.7. The highest BCUT2D eigenvalue weighted by molar-refractivity contribution is 7.88. The van der Waals surface area contributed by atoms with Gasteiger partial charge in [-0.2, -0.15) is 5.10 Å². The minimum atomic E-state index is -3.16. The summed E-state index contributed by atoms with van der Waals surface area (Å²) in [7, 11) is -1.47. The van der Waals surface area contributed by atoms with E-state index in [0.717, 1.165) is 0 Å². The van der Waals surface area contributed by atoms with Crippen molar-refractivity contribution >= 4 is 16.0 Å². The van der Waals surface area contributed by atoms with Gasteiger partial charge in [0, 0.05) is 26.7 Å². The van der Waals surface area contributed by atoms with Crippen molar-refractivity contribution in [3.05, 3.63) is 17.5 Å². The fourth-order valence-electron chi connectivity index (χ4n) is 2.00. The number of aryl methyl sites for hydroxylation is 1. The SMILES string of the molecule is CCN(CCCNCc1c(C(=O)O)cnn1C)S(C)(=O)=O. The van der Waals surface area contributed by atoms with Crippen LogP contribution in [0.2, 0.25) is 0 Å². The number of carboxylic acids is 1. The third kappa shape index (κ3) is 5.10. The lowest BCUT2D eigenvalue weighted by Crippen LogP contribution is -2.32. The maximum Gasteiger partial charge on any atom is 0.339 e. The third-order valence-electron chi connectivity index (χ3n) is 3.17. The van der Waals surface area contributed by atoms with Crippen molar-refractivity contribution in [2.45, 2.75) is 19.9 Å². The van der Waals surface area contributed by atoms with Gasteiger partial charge in [0.25, 0.3) is 0 Å². The lowest BCUT2D eigenvalue weighted by molar-refractivity contribution is 0.0695. The second-order valence-corrected chi connectivity index (χ2v) is 6.70. The second kappa shape index (κ2) is 7.53. The minimum Gasteiger partial charge on any atom is -0.478 e. The minimum absolute atomic E-state index is 0.177. The molecule has 9 heteroatoms. The fraction of sp³-hybridized carbons (Fsp3) is 0.667. The summed E-state index contributed by atoms with van der Waals surface area (Å²) in [5, 5.41) is 16.0. The molecule has 0 saturated heterocycles. The quantitative estimate of drug-likeness (QED) is 0.615. The average Bonchev–Trinajstić information content (AvgIpc) is 2.74. The number of hydrogen-bond acceptors (Lipinski definition) is 5. The van der Waals surface area contributed by atoms with Crippen molar-refractivity contribution in [1.82, 2.24) is 19.4 Å². The van der Waals surface area contributed by atoms with Crippen LogP contribution in [-0.4, -0.2) is 59.5 Å². The van der Waals surface area contributed by atoms with Crippen LogP contribution in [-0.2, 0) is 23.6 Å². The van der Waals surface area contributed by atoms with E-state index in [0.29, 0.717) is 38.3 Å². The summed E-state index contributed by atoms with van der Waals surface area (Å²) in [5.74, 6) is -1.01. The highest BCUT2D eigenvalue weighted by atomic mass is 32.2. The van der Waals surface area contributed by atoms with Crippen LogP contribution in [0.3, 0.4) is 0 Å². The first-order valence-corrected chi connectivity index (χ1v) is 8.52. The Bertz CT molecular complexity index is 582. The Morgan fingerprint density at radius 3 is 2.71 bits per heavy atom. The van der Waals surface area contributed by atoms with E-state index in [2.05, 4.69) is 10.4 Å². The van der Waals surface area contributed by atoms with E-state index in [4.69, 9.17) is 5.11 Å². The van der Waals surface area contributed by atoms with Crippen molar-refractivity contribution in [3.8, 4) is 0 Å². The van der Waals surface area contributed by atoms with Crippen LogP contribution in [0.25, 0.3) is 0 Å². The smallest absolute Gasteiger partial charge is 0.339 e. The predicted molar refractivity (Wildman–Crippen MR) is 78.6 cm³/mol. The van der Waals surface area contributed by atoms with Gasteiger partial charge in [0.2, 0.25) is 10.0 Å². The maximum atomic E-state index is 11.4. The Kier molecular flexibility index (Phi) is 6.31. The highest BCUT2D eigenvalue weighted by Gasteiger charge is 2.15. The summed E-state index contributed by atoms with van der Waals surface area (Å²) in [6, 6.07) is 0. The fourth-order valence-corrected chi connectivity index (χ4v) is 2.93. The van der Waals surface area contributed by atoms with Gasteiger partial charge >= 0.3 is 5.97 Å². The van der Waals surface area contributed by atoms with Crippen molar-refractivity contribution in [2.24, 2.45) is 7.05 Å². The molecule has 0 bridgehead atoms. The summed E-state index contributed by atoms with van der Waals surface area (Å²) >= 11 is 0. The van der Waals surface area contributed by atoms with Crippen LogP contribution in [0.1, 0.15) is 29.4 Å². The van der Waals surface area contributed by atoms with Gasteiger partial charge < -0.3 is 10.4 Å². The molecule has 0 saturated carbocycles. The van der Waals surface area contributed by atoms with Gasteiger partial charge in [-0.25, -0.2) is 17.5 Å². The number of aromatic nitrogens is 2. The van der Waals surface area contributed by atoms with E-state index in [1.54, 1.807) is 14.0 Å². The molecule has 0 unspecified atom stereocenters. The summed E-state index contributed by atoms with van der Waals surface area (Å²) in [6.07, 6.45) is 3.17. The van der Waals surface area contributed by atoms with Gasteiger partial charge in [-0.05, 0) is 13.0 Å². The average molecular weight is 318 g/mol. The van der Waals surface area contributed by atoms with Gasteiger partial charge in [0.1, 0.15) is 5.56 Å². The topological polar surface area (TPSA) is 105 Å². The van der Waals surface area contributed by atoms with Crippen LogP contribution in [0.5, 0.6) is 0 Å². The summed E-state index contributed by atoms with van der Waals surface area (Å²) in [5.41, 5.74) is 0.772.